The normalized spacial score (nSPS) is 11.7. The monoisotopic (exact) mass is 468 g/mol. The van der Waals surface area contributed by atoms with Crippen molar-refractivity contribution in [3.05, 3.63) is 82.8 Å². The topological polar surface area (TPSA) is 79.1 Å². The van der Waals surface area contributed by atoms with Crippen LogP contribution in [-0.2, 0) is 11.3 Å². The molecule has 3 aromatic carbocycles. The minimum atomic E-state index is -0.692. The molecule has 32 heavy (non-hydrogen) atoms. The molecule has 7 nitrogen and oxygen atoms in total. The molecule has 9 heteroatoms. The average molecular weight is 469 g/mol. The van der Waals surface area contributed by atoms with E-state index in [1.807, 2.05) is 0 Å². The minimum absolute atomic E-state index is 0.0560. The lowest BCUT2D eigenvalue weighted by molar-refractivity contribution is -0.126. The van der Waals surface area contributed by atoms with Crippen LogP contribution in [0.15, 0.2) is 72.8 Å². The first-order valence-corrected chi connectivity index (χ1v) is 10.5. The number of carbonyl (C=O) groups excluding carboxylic acids is 1. The van der Waals surface area contributed by atoms with Gasteiger partial charge < -0.3 is 9.47 Å². The Bertz CT molecular complexity index is 1190. The summed E-state index contributed by atoms with van der Waals surface area (Å²) in [5, 5.41) is 13.4. The van der Waals surface area contributed by atoms with E-state index in [9.17, 15) is 4.79 Å². The summed E-state index contributed by atoms with van der Waals surface area (Å²) in [7, 11) is 0. The summed E-state index contributed by atoms with van der Waals surface area (Å²) in [6.07, 6.45) is -0.692. The van der Waals surface area contributed by atoms with E-state index in [0.29, 0.717) is 33.1 Å². The van der Waals surface area contributed by atoms with Gasteiger partial charge in [-0.2, -0.15) is 4.80 Å². The molecule has 0 amide bonds. The minimum Gasteiger partial charge on any atom is -0.483 e. The maximum absolute atomic E-state index is 12.5. The quantitative estimate of drug-likeness (QED) is 0.340. The van der Waals surface area contributed by atoms with E-state index in [1.165, 1.54) is 4.80 Å². The lowest BCUT2D eigenvalue weighted by Gasteiger charge is -2.14. The summed E-state index contributed by atoms with van der Waals surface area (Å²) in [4.78, 5) is 13.8. The highest BCUT2D eigenvalue weighted by Crippen LogP contribution is 2.25. The van der Waals surface area contributed by atoms with Crippen molar-refractivity contribution < 1.29 is 14.3 Å². The van der Waals surface area contributed by atoms with Crippen molar-refractivity contribution in [2.24, 2.45) is 0 Å². The van der Waals surface area contributed by atoms with Crippen LogP contribution in [0.3, 0.4) is 0 Å². The van der Waals surface area contributed by atoms with Gasteiger partial charge in [-0.1, -0.05) is 23.2 Å². The molecule has 1 heterocycles. The van der Waals surface area contributed by atoms with Crippen molar-refractivity contribution in [1.82, 2.24) is 20.2 Å². The van der Waals surface area contributed by atoms with Crippen LogP contribution in [0.4, 0.5) is 0 Å². The summed E-state index contributed by atoms with van der Waals surface area (Å²) >= 11 is 11.8. The van der Waals surface area contributed by atoms with Gasteiger partial charge >= 0.3 is 0 Å². The van der Waals surface area contributed by atoms with Crippen LogP contribution >= 0.6 is 23.2 Å². The number of aromatic nitrogens is 4. The first-order chi connectivity index (χ1) is 15.5. The lowest BCUT2D eigenvalue weighted by Crippen LogP contribution is -2.28. The number of carbonyl (C=O) groups is 1. The summed E-state index contributed by atoms with van der Waals surface area (Å²) < 4.78 is 11.5. The van der Waals surface area contributed by atoms with Crippen LogP contribution in [0.2, 0.25) is 10.0 Å². The molecule has 1 atom stereocenters. The molecule has 1 aromatic heterocycles. The van der Waals surface area contributed by atoms with E-state index >= 15 is 0 Å². The smallest absolute Gasteiger partial charge is 0.204 e. The molecule has 0 aliphatic carbocycles. The number of hydrogen-bond donors (Lipinski definition) is 0. The molecule has 0 fully saturated rings. The molecule has 0 saturated heterocycles. The molecule has 4 aromatic rings. The van der Waals surface area contributed by atoms with Gasteiger partial charge in [0, 0.05) is 15.6 Å². The first-order valence-electron chi connectivity index (χ1n) is 9.73. The maximum atomic E-state index is 12.5. The van der Waals surface area contributed by atoms with Gasteiger partial charge in [0.1, 0.15) is 23.8 Å². The van der Waals surface area contributed by atoms with E-state index in [0.717, 1.165) is 5.56 Å². The second-order valence-corrected chi connectivity index (χ2v) is 7.78. The molecule has 0 N–H and O–H groups in total. The number of benzene rings is 3. The second kappa shape index (κ2) is 9.80. The van der Waals surface area contributed by atoms with E-state index in [1.54, 1.807) is 79.7 Å². The number of hydrogen-bond acceptors (Lipinski definition) is 6. The number of nitrogens with zero attached hydrogens (tertiary/aromatic N) is 4. The van der Waals surface area contributed by atoms with Crippen LogP contribution in [0.5, 0.6) is 17.2 Å². The van der Waals surface area contributed by atoms with Crippen LogP contribution < -0.4 is 9.47 Å². The summed E-state index contributed by atoms with van der Waals surface area (Å²) in [5.74, 6) is 2.08. The van der Waals surface area contributed by atoms with Gasteiger partial charge in [-0.05, 0) is 84.9 Å². The zero-order valence-electron chi connectivity index (χ0n) is 17.0. The Morgan fingerprint density at radius 1 is 0.875 bits per heavy atom. The maximum Gasteiger partial charge on any atom is 0.204 e. The van der Waals surface area contributed by atoms with Gasteiger partial charge in [0.25, 0.3) is 0 Å². The van der Waals surface area contributed by atoms with E-state index in [-0.39, 0.29) is 12.3 Å². The van der Waals surface area contributed by atoms with E-state index < -0.39 is 6.10 Å². The molecule has 0 radical (unpaired) electrons. The highest BCUT2D eigenvalue weighted by molar-refractivity contribution is 6.30. The standard InChI is InChI=1S/C23H18Cl2N4O3/c1-15(22(30)14-29-27-23(26-28-29)16-2-4-17(24)5-3-16)31-19-10-12-21(13-11-19)32-20-8-6-18(25)7-9-20/h2-13,15H,14H2,1H3. The molecule has 1 unspecified atom stereocenters. The van der Waals surface area contributed by atoms with Gasteiger partial charge in [0.05, 0.1) is 0 Å². The third kappa shape index (κ3) is 5.63. The van der Waals surface area contributed by atoms with Crippen molar-refractivity contribution >= 4 is 29.0 Å². The predicted molar refractivity (Wildman–Crippen MR) is 121 cm³/mol. The summed E-state index contributed by atoms with van der Waals surface area (Å²) in [6.45, 7) is 1.62. The average Bonchev–Trinajstić information content (AvgIpc) is 3.25. The fourth-order valence-corrected chi connectivity index (χ4v) is 3.04. The van der Waals surface area contributed by atoms with E-state index in [4.69, 9.17) is 32.7 Å². The first kappa shape index (κ1) is 21.8. The molecule has 0 spiro atoms. The van der Waals surface area contributed by atoms with Crippen molar-refractivity contribution in [1.29, 1.82) is 0 Å². The highest BCUT2D eigenvalue weighted by atomic mass is 35.5. The van der Waals surface area contributed by atoms with Crippen molar-refractivity contribution in [2.75, 3.05) is 0 Å². The third-order valence-corrected chi connectivity index (χ3v) is 5.00. The molecule has 162 valence electrons. The SMILES string of the molecule is CC(Oc1ccc(Oc2ccc(Cl)cc2)cc1)C(=O)Cn1nnc(-c2ccc(Cl)cc2)n1. The van der Waals surface area contributed by atoms with Crippen molar-refractivity contribution in [3.63, 3.8) is 0 Å². The fourth-order valence-electron chi connectivity index (χ4n) is 2.79. The molecule has 4 rings (SSSR count). The number of ketones is 1. The Hall–Kier alpha value is -3.42. The summed E-state index contributed by atoms with van der Waals surface area (Å²) in [5.41, 5.74) is 0.762. The van der Waals surface area contributed by atoms with Crippen LogP contribution in [0.1, 0.15) is 6.92 Å². The summed E-state index contributed by atoms with van der Waals surface area (Å²) in [6, 6.07) is 21.1. The number of ether oxygens (including phenoxy) is 2. The Morgan fingerprint density at radius 2 is 1.41 bits per heavy atom. The number of Topliss-reactive ketones (excluding diaryl/α,β-unsaturated/α-hetero) is 1. The second-order valence-electron chi connectivity index (χ2n) is 6.90. The van der Waals surface area contributed by atoms with Crippen molar-refractivity contribution in [3.8, 4) is 28.6 Å². The number of halogens is 2. The van der Waals surface area contributed by atoms with Gasteiger partial charge in [0.2, 0.25) is 5.82 Å². The van der Waals surface area contributed by atoms with Crippen molar-refractivity contribution in [2.45, 2.75) is 19.6 Å². The van der Waals surface area contributed by atoms with Gasteiger partial charge in [-0.25, -0.2) is 0 Å². The van der Waals surface area contributed by atoms with E-state index in [2.05, 4.69) is 15.4 Å². The molecule has 0 bridgehead atoms. The Kier molecular flexibility index (Phi) is 6.68. The number of rotatable bonds is 8. The lowest BCUT2D eigenvalue weighted by atomic mass is 10.2. The fraction of sp³-hybridized carbons (Fsp3) is 0.130. The molecule has 0 saturated carbocycles. The van der Waals surface area contributed by atoms with Gasteiger partial charge in [-0.15, -0.1) is 10.2 Å². The third-order valence-electron chi connectivity index (χ3n) is 4.49. The van der Waals surface area contributed by atoms with Crippen LogP contribution in [0.25, 0.3) is 11.4 Å². The zero-order valence-corrected chi connectivity index (χ0v) is 18.5. The number of tetrazole rings is 1. The molecular formula is C23H18Cl2N4O3. The van der Waals surface area contributed by atoms with Crippen LogP contribution in [0, 0.1) is 0 Å². The molecule has 0 aliphatic rings. The van der Waals surface area contributed by atoms with Crippen LogP contribution in [-0.4, -0.2) is 32.1 Å². The molecular weight excluding hydrogens is 451 g/mol. The molecule has 0 aliphatic heterocycles. The van der Waals surface area contributed by atoms with Gasteiger partial charge in [-0.3, -0.25) is 4.79 Å². The highest BCUT2D eigenvalue weighted by Gasteiger charge is 2.17. The Morgan fingerprint density at radius 3 is 2.03 bits per heavy atom. The Labute approximate surface area is 194 Å². The largest absolute Gasteiger partial charge is 0.483 e. The zero-order chi connectivity index (χ0) is 22.5. The predicted octanol–water partition coefficient (Wildman–Crippen LogP) is 5.48. The Balaban J connectivity index is 1.32. The van der Waals surface area contributed by atoms with Gasteiger partial charge in [0.15, 0.2) is 11.9 Å².